The van der Waals surface area contributed by atoms with Gasteiger partial charge in [-0.3, -0.25) is 4.68 Å². The monoisotopic (exact) mass is 192 g/mol. The Bertz CT molecular complexity index is 235. The Morgan fingerprint density at radius 1 is 1.07 bits per heavy atom. The zero-order valence-corrected chi connectivity index (χ0v) is 8.78. The van der Waals surface area contributed by atoms with Crippen LogP contribution in [0.1, 0.15) is 38.5 Å². The van der Waals surface area contributed by atoms with Crippen molar-refractivity contribution in [1.29, 1.82) is 0 Å². The smallest absolute Gasteiger partial charge is 0.0316 e. The van der Waals surface area contributed by atoms with E-state index >= 15 is 0 Å². The van der Waals surface area contributed by atoms with E-state index in [4.69, 9.17) is 0 Å². The normalized spacial score (nSPS) is 18.3. The zero-order chi connectivity index (χ0) is 9.64. The first kappa shape index (κ1) is 9.63. The molecule has 0 aromatic carbocycles. The van der Waals surface area contributed by atoms with Gasteiger partial charge in [0.2, 0.25) is 0 Å². The van der Waals surface area contributed by atoms with Crippen LogP contribution < -0.4 is 5.43 Å². The summed E-state index contributed by atoms with van der Waals surface area (Å²) in [5.41, 5.74) is 3.39. The molecule has 0 saturated heterocycles. The summed E-state index contributed by atoms with van der Waals surface area (Å²) in [6.07, 6.45) is 12.7. The molecule has 78 valence electrons. The highest BCUT2D eigenvalue weighted by atomic mass is 15.4. The second kappa shape index (κ2) is 5.08. The fourth-order valence-electron chi connectivity index (χ4n) is 2.31. The van der Waals surface area contributed by atoms with E-state index in [-0.39, 0.29) is 0 Å². The Labute approximate surface area is 86.3 Å². The number of aromatic nitrogens is 1. The van der Waals surface area contributed by atoms with E-state index in [1.165, 1.54) is 38.5 Å². The van der Waals surface area contributed by atoms with Crippen molar-refractivity contribution in [2.24, 2.45) is 5.92 Å². The summed E-state index contributed by atoms with van der Waals surface area (Å²) in [6.45, 7) is 1.11. The van der Waals surface area contributed by atoms with Crippen molar-refractivity contribution < 1.29 is 0 Å². The molecule has 0 spiro atoms. The Morgan fingerprint density at radius 3 is 2.50 bits per heavy atom. The predicted molar refractivity (Wildman–Crippen MR) is 59.9 cm³/mol. The molecule has 1 aliphatic carbocycles. The molecule has 2 nitrogen and oxygen atoms in total. The largest absolute Gasteiger partial charge is 0.326 e. The van der Waals surface area contributed by atoms with Gasteiger partial charge in [-0.1, -0.05) is 32.1 Å². The van der Waals surface area contributed by atoms with Gasteiger partial charge in [0.1, 0.15) is 0 Å². The number of hydrogen-bond donors (Lipinski definition) is 1. The summed E-state index contributed by atoms with van der Waals surface area (Å²) in [4.78, 5) is 0. The molecule has 2 heteroatoms. The lowest BCUT2D eigenvalue weighted by atomic mass is 9.87. The van der Waals surface area contributed by atoms with Gasteiger partial charge in [-0.05, 0) is 24.5 Å². The third-order valence-corrected chi connectivity index (χ3v) is 3.18. The van der Waals surface area contributed by atoms with Gasteiger partial charge in [0.15, 0.2) is 0 Å². The molecule has 1 fully saturated rings. The van der Waals surface area contributed by atoms with Gasteiger partial charge in [-0.25, -0.2) is 0 Å². The van der Waals surface area contributed by atoms with Crippen LogP contribution >= 0.6 is 0 Å². The van der Waals surface area contributed by atoms with Gasteiger partial charge < -0.3 is 5.43 Å². The van der Waals surface area contributed by atoms with Crippen LogP contribution in [0.25, 0.3) is 0 Å². The van der Waals surface area contributed by atoms with E-state index in [0.717, 1.165) is 12.5 Å². The lowest BCUT2D eigenvalue weighted by Gasteiger charge is -2.21. The third-order valence-electron chi connectivity index (χ3n) is 3.18. The van der Waals surface area contributed by atoms with Gasteiger partial charge in [0.25, 0.3) is 0 Å². The SMILES string of the molecule is c1ccn(NCCC2CCCCC2)c1. The van der Waals surface area contributed by atoms with E-state index < -0.39 is 0 Å². The van der Waals surface area contributed by atoms with E-state index in [1.807, 2.05) is 16.8 Å². The van der Waals surface area contributed by atoms with Crippen molar-refractivity contribution >= 4 is 0 Å². The van der Waals surface area contributed by atoms with Crippen LogP contribution in [0, 0.1) is 5.92 Å². The summed E-state index contributed by atoms with van der Waals surface area (Å²) in [5, 5.41) is 0. The molecule has 0 aliphatic heterocycles. The number of nitrogens with zero attached hydrogens (tertiary/aromatic N) is 1. The van der Waals surface area contributed by atoms with Crippen LogP contribution in [-0.2, 0) is 0 Å². The quantitative estimate of drug-likeness (QED) is 0.776. The van der Waals surface area contributed by atoms with Crippen LogP contribution in [0.4, 0.5) is 0 Å². The highest BCUT2D eigenvalue weighted by Gasteiger charge is 2.12. The minimum Gasteiger partial charge on any atom is -0.326 e. The number of nitrogens with one attached hydrogen (secondary N) is 1. The zero-order valence-electron chi connectivity index (χ0n) is 8.78. The number of hydrogen-bond acceptors (Lipinski definition) is 1. The standard InChI is InChI=1S/C12H20N2/c1-2-6-12(7-3-1)8-9-13-14-10-4-5-11-14/h4-5,10-13H,1-3,6-9H2. The van der Waals surface area contributed by atoms with Crippen LogP contribution in [0.2, 0.25) is 0 Å². The van der Waals surface area contributed by atoms with E-state index in [1.54, 1.807) is 0 Å². The highest BCUT2D eigenvalue weighted by Crippen LogP contribution is 2.25. The molecule has 1 heterocycles. The molecular weight excluding hydrogens is 172 g/mol. The molecule has 0 bridgehead atoms. The Morgan fingerprint density at radius 2 is 1.79 bits per heavy atom. The van der Waals surface area contributed by atoms with E-state index in [2.05, 4.69) is 17.8 Å². The first-order valence-corrected chi connectivity index (χ1v) is 5.82. The number of rotatable bonds is 4. The molecule has 0 unspecified atom stereocenters. The third kappa shape index (κ3) is 2.79. The first-order chi connectivity index (χ1) is 6.95. The molecule has 0 amide bonds. The Hall–Kier alpha value is -0.920. The summed E-state index contributed by atoms with van der Waals surface area (Å²) in [6, 6.07) is 4.10. The maximum absolute atomic E-state index is 3.39. The Balaban J connectivity index is 1.62. The molecule has 0 atom stereocenters. The topological polar surface area (TPSA) is 17.0 Å². The summed E-state index contributed by atoms with van der Waals surface area (Å²) in [7, 11) is 0. The lowest BCUT2D eigenvalue weighted by Crippen LogP contribution is -2.18. The van der Waals surface area contributed by atoms with E-state index in [9.17, 15) is 0 Å². The summed E-state index contributed by atoms with van der Waals surface area (Å²) < 4.78 is 2.04. The summed E-state index contributed by atoms with van der Waals surface area (Å²) in [5.74, 6) is 0.979. The molecule has 0 radical (unpaired) electrons. The van der Waals surface area contributed by atoms with Crippen LogP contribution in [0.3, 0.4) is 0 Å². The molecule has 1 aromatic rings. The molecular formula is C12H20N2. The van der Waals surface area contributed by atoms with Gasteiger partial charge in [-0.15, -0.1) is 0 Å². The molecule has 14 heavy (non-hydrogen) atoms. The lowest BCUT2D eigenvalue weighted by molar-refractivity contribution is 0.343. The van der Waals surface area contributed by atoms with Crippen molar-refractivity contribution in [3.63, 3.8) is 0 Å². The van der Waals surface area contributed by atoms with Crippen molar-refractivity contribution in [2.45, 2.75) is 38.5 Å². The van der Waals surface area contributed by atoms with Crippen LogP contribution in [0.15, 0.2) is 24.5 Å². The van der Waals surface area contributed by atoms with E-state index in [0.29, 0.717) is 0 Å². The molecule has 1 aliphatic rings. The second-order valence-electron chi connectivity index (χ2n) is 4.29. The minimum absolute atomic E-state index is 0.979. The van der Waals surface area contributed by atoms with Gasteiger partial charge in [-0.2, -0.15) is 0 Å². The van der Waals surface area contributed by atoms with Gasteiger partial charge >= 0.3 is 0 Å². The van der Waals surface area contributed by atoms with Crippen molar-refractivity contribution in [2.75, 3.05) is 12.0 Å². The second-order valence-corrected chi connectivity index (χ2v) is 4.29. The average molecular weight is 192 g/mol. The average Bonchev–Trinajstić information content (AvgIpc) is 2.72. The fourth-order valence-corrected chi connectivity index (χ4v) is 2.31. The molecule has 1 aromatic heterocycles. The minimum atomic E-state index is 0.979. The highest BCUT2D eigenvalue weighted by molar-refractivity contribution is 4.93. The summed E-state index contributed by atoms with van der Waals surface area (Å²) >= 11 is 0. The first-order valence-electron chi connectivity index (χ1n) is 5.82. The molecule has 2 rings (SSSR count). The van der Waals surface area contributed by atoms with Crippen molar-refractivity contribution in [3.8, 4) is 0 Å². The van der Waals surface area contributed by atoms with Gasteiger partial charge in [0, 0.05) is 18.9 Å². The van der Waals surface area contributed by atoms with Crippen LogP contribution in [-0.4, -0.2) is 11.2 Å². The van der Waals surface area contributed by atoms with Crippen LogP contribution in [0.5, 0.6) is 0 Å². The van der Waals surface area contributed by atoms with Crippen molar-refractivity contribution in [3.05, 3.63) is 24.5 Å². The van der Waals surface area contributed by atoms with Gasteiger partial charge in [0.05, 0.1) is 0 Å². The predicted octanol–water partition coefficient (Wildman–Crippen LogP) is 3.00. The molecule has 1 saturated carbocycles. The molecule has 1 N–H and O–H groups in total. The maximum Gasteiger partial charge on any atom is 0.0316 e. The maximum atomic E-state index is 3.39. The Kier molecular flexibility index (Phi) is 3.50. The fraction of sp³-hybridized carbons (Fsp3) is 0.667. The van der Waals surface area contributed by atoms with Crippen molar-refractivity contribution in [1.82, 2.24) is 4.68 Å².